The van der Waals surface area contributed by atoms with Crippen molar-refractivity contribution in [1.82, 2.24) is 0 Å². The van der Waals surface area contributed by atoms with Gasteiger partial charge in [0.2, 0.25) is 0 Å². The zero-order chi connectivity index (χ0) is 17.5. The third-order valence-corrected chi connectivity index (χ3v) is 4.61. The van der Waals surface area contributed by atoms with E-state index in [-0.39, 0.29) is 5.63 Å². The zero-order valence-corrected chi connectivity index (χ0v) is 13.8. The molecular weight excluding hydrogens is 324 g/mol. The summed E-state index contributed by atoms with van der Waals surface area (Å²) in [6.45, 7) is 0. The first-order chi connectivity index (χ1) is 12.8. The molecule has 26 heavy (non-hydrogen) atoms. The minimum absolute atomic E-state index is 0.370. The van der Waals surface area contributed by atoms with Gasteiger partial charge in [0.25, 0.3) is 0 Å². The van der Waals surface area contributed by atoms with Crippen molar-refractivity contribution in [3.05, 3.63) is 95.5 Å². The molecular formula is C23H14O3. The maximum atomic E-state index is 12.0. The molecule has 3 heteroatoms. The van der Waals surface area contributed by atoms with Crippen LogP contribution in [0.5, 0.6) is 0 Å². The van der Waals surface area contributed by atoms with Gasteiger partial charge in [-0.05, 0) is 22.8 Å². The van der Waals surface area contributed by atoms with Crippen LogP contribution in [0, 0.1) is 0 Å². The van der Waals surface area contributed by atoms with Crippen LogP contribution >= 0.6 is 0 Å². The molecule has 0 unspecified atom stereocenters. The SMILES string of the molecule is O=c1cc(-c2ccccc2)c2cc3c(-c4ccccc4)coc3cc2o1. The van der Waals surface area contributed by atoms with Crippen molar-refractivity contribution in [1.29, 1.82) is 0 Å². The lowest BCUT2D eigenvalue weighted by Crippen LogP contribution is -1.98. The van der Waals surface area contributed by atoms with E-state index in [0.717, 1.165) is 33.0 Å². The Morgan fingerprint density at radius 2 is 1.23 bits per heavy atom. The summed E-state index contributed by atoms with van der Waals surface area (Å²) >= 11 is 0. The zero-order valence-electron chi connectivity index (χ0n) is 13.8. The lowest BCUT2D eigenvalue weighted by Gasteiger charge is -2.06. The minimum Gasteiger partial charge on any atom is -0.464 e. The van der Waals surface area contributed by atoms with Crippen molar-refractivity contribution in [3.63, 3.8) is 0 Å². The van der Waals surface area contributed by atoms with Crippen LogP contribution in [0.15, 0.2) is 98.8 Å². The van der Waals surface area contributed by atoms with E-state index < -0.39 is 0 Å². The molecule has 0 radical (unpaired) electrons. The van der Waals surface area contributed by atoms with Crippen LogP contribution in [0.3, 0.4) is 0 Å². The van der Waals surface area contributed by atoms with Gasteiger partial charge in [0.05, 0.1) is 6.26 Å². The van der Waals surface area contributed by atoms with Crippen LogP contribution in [0.2, 0.25) is 0 Å². The van der Waals surface area contributed by atoms with E-state index >= 15 is 0 Å². The lowest BCUT2D eigenvalue weighted by atomic mass is 9.99. The summed E-state index contributed by atoms with van der Waals surface area (Å²) in [4.78, 5) is 12.0. The fourth-order valence-corrected chi connectivity index (χ4v) is 3.38. The summed E-state index contributed by atoms with van der Waals surface area (Å²) in [5.74, 6) is 0. The maximum absolute atomic E-state index is 12.0. The molecule has 3 nitrogen and oxygen atoms in total. The first-order valence-corrected chi connectivity index (χ1v) is 8.39. The second-order valence-electron chi connectivity index (χ2n) is 6.21. The number of hydrogen-bond donors (Lipinski definition) is 0. The number of hydrogen-bond acceptors (Lipinski definition) is 3. The molecule has 124 valence electrons. The molecule has 0 spiro atoms. The predicted octanol–water partition coefficient (Wildman–Crippen LogP) is 5.87. The average Bonchev–Trinajstić information content (AvgIpc) is 3.10. The van der Waals surface area contributed by atoms with Gasteiger partial charge in [-0.2, -0.15) is 0 Å². The van der Waals surface area contributed by atoms with Gasteiger partial charge in [-0.15, -0.1) is 0 Å². The first-order valence-electron chi connectivity index (χ1n) is 8.39. The third kappa shape index (κ3) is 2.33. The lowest BCUT2D eigenvalue weighted by molar-refractivity contribution is 0.559. The maximum Gasteiger partial charge on any atom is 0.336 e. The fourth-order valence-electron chi connectivity index (χ4n) is 3.38. The summed E-state index contributed by atoms with van der Waals surface area (Å²) in [5.41, 5.74) is 4.80. The molecule has 2 aromatic heterocycles. The summed E-state index contributed by atoms with van der Waals surface area (Å²) in [5, 5.41) is 1.89. The van der Waals surface area contributed by atoms with Crippen molar-refractivity contribution in [3.8, 4) is 22.3 Å². The molecule has 0 bridgehead atoms. The van der Waals surface area contributed by atoms with Gasteiger partial charge < -0.3 is 8.83 Å². The smallest absolute Gasteiger partial charge is 0.336 e. The molecule has 0 N–H and O–H groups in total. The van der Waals surface area contributed by atoms with Crippen LogP contribution in [0.4, 0.5) is 0 Å². The van der Waals surface area contributed by atoms with E-state index in [2.05, 4.69) is 12.1 Å². The molecule has 5 rings (SSSR count). The van der Waals surface area contributed by atoms with Crippen LogP contribution in [-0.2, 0) is 0 Å². The summed E-state index contributed by atoms with van der Waals surface area (Å²) in [7, 11) is 0. The molecule has 0 aliphatic carbocycles. The van der Waals surface area contributed by atoms with Crippen molar-refractivity contribution < 1.29 is 8.83 Å². The van der Waals surface area contributed by atoms with E-state index in [1.807, 2.05) is 54.6 Å². The van der Waals surface area contributed by atoms with Gasteiger partial charge in [0.15, 0.2) is 0 Å². The van der Waals surface area contributed by atoms with E-state index in [4.69, 9.17) is 8.83 Å². The molecule has 0 saturated carbocycles. The topological polar surface area (TPSA) is 43.4 Å². The van der Waals surface area contributed by atoms with Crippen LogP contribution in [0.1, 0.15) is 0 Å². The quantitative estimate of drug-likeness (QED) is 0.378. The Kier molecular flexibility index (Phi) is 3.25. The van der Waals surface area contributed by atoms with E-state index in [1.165, 1.54) is 0 Å². The average molecular weight is 338 g/mol. The molecule has 0 saturated heterocycles. The van der Waals surface area contributed by atoms with Gasteiger partial charge in [-0.25, -0.2) is 4.79 Å². The van der Waals surface area contributed by atoms with Crippen molar-refractivity contribution in [2.45, 2.75) is 0 Å². The van der Waals surface area contributed by atoms with Crippen LogP contribution in [0.25, 0.3) is 44.2 Å². The molecule has 5 aromatic rings. The minimum atomic E-state index is -0.370. The van der Waals surface area contributed by atoms with Gasteiger partial charge in [-0.3, -0.25) is 0 Å². The monoisotopic (exact) mass is 338 g/mol. The highest BCUT2D eigenvalue weighted by Gasteiger charge is 2.14. The van der Waals surface area contributed by atoms with E-state index in [0.29, 0.717) is 11.2 Å². The van der Waals surface area contributed by atoms with Crippen molar-refractivity contribution in [2.24, 2.45) is 0 Å². The molecule has 0 fully saturated rings. The number of rotatable bonds is 2. The normalized spacial score (nSPS) is 11.2. The molecule has 0 aliphatic heterocycles. The second-order valence-corrected chi connectivity index (χ2v) is 6.21. The highest BCUT2D eigenvalue weighted by atomic mass is 16.4. The fraction of sp³-hybridized carbons (Fsp3) is 0. The highest BCUT2D eigenvalue weighted by Crippen LogP contribution is 2.36. The van der Waals surface area contributed by atoms with Crippen molar-refractivity contribution in [2.75, 3.05) is 0 Å². The van der Waals surface area contributed by atoms with Crippen molar-refractivity contribution >= 4 is 21.9 Å². The molecule has 3 aromatic carbocycles. The van der Waals surface area contributed by atoms with Gasteiger partial charge >= 0.3 is 5.63 Å². The largest absolute Gasteiger partial charge is 0.464 e. The Hall–Kier alpha value is -3.59. The number of fused-ring (bicyclic) bond motifs is 2. The van der Waals surface area contributed by atoms with E-state index in [9.17, 15) is 4.79 Å². The Bertz CT molecular complexity index is 1280. The van der Waals surface area contributed by atoms with Gasteiger partial charge in [-0.1, -0.05) is 60.7 Å². The van der Waals surface area contributed by atoms with Gasteiger partial charge in [0.1, 0.15) is 11.2 Å². The standard InChI is InChI=1S/C23H14O3/c24-23-12-17(15-7-3-1-4-8-15)18-11-19-20(16-9-5-2-6-10-16)14-25-21(19)13-22(18)26-23/h1-14H. The summed E-state index contributed by atoms with van der Waals surface area (Å²) in [6, 6.07) is 25.4. The van der Waals surface area contributed by atoms with Gasteiger partial charge in [0, 0.05) is 28.5 Å². The Labute approximate surface area is 149 Å². The number of benzene rings is 3. The molecule has 0 aliphatic rings. The molecule has 0 amide bonds. The predicted molar refractivity (Wildman–Crippen MR) is 103 cm³/mol. The number of furan rings is 1. The summed E-state index contributed by atoms with van der Waals surface area (Å²) in [6.07, 6.45) is 1.75. The molecule has 0 atom stereocenters. The first kappa shape index (κ1) is 14.7. The Balaban J connectivity index is 1.85. The highest BCUT2D eigenvalue weighted by molar-refractivity contribution is 6.05. The Morgan fingerprint density at radius 3 is 1.92 bits per heavy atom. The third-order valence-electron chi connectivity index (χ3n) is 4.61. The molecule has 2 heterocycles. The summed E-state index contributed by atoms with van der Waals surface area (Å²) < 4.78 is 11.2. The van der Waals surface area contributed by atoms with E-state index in [1.54, 1.807) is 18.4 Å². The Morgan fingerprint density at radius 1 is 0.615 bits per heavy atom. The van der Waals surface area contributed by atoms with Crippen LogP contribution < -0.4 is 5.63 Å². The van der Waals surface area contributed by atoms with Crippen LogP contribution in [-0.4, -0.2) is 0 Å². The second kappa shape index (κ2) is 5.74.